The molecule has 0 saturated carbocycles. The fourth-order valence-corrected chi connectivity index (χ4v) is 2.08. The van der Waals surface area contributed by atoms with Crippen molar-refractivity contribution in [3.05, 3.63) is 35.3 Å². The Morgan fingerprint density at radius 3 is 2.61 bits per heavy atom. The Kier molecular flexibility index (Phi) is 3.82. The van der Waals surface area contributed by atoms with Crippen LogP contribution < -0.4 is 5.32 Å². The van der Waals surface area contributed by atoms with Crippen LogP contribution in [0.25, 0.3) is 0 Å². The average Bonchev–Trinajstić information content (AvgIpc) is 2.89. The van der Waals surface area contributed by atoms with Gasteiger partial charge in [-0.15, -0.1) is 0 Å². The van der Waals surface area contributed by atoms with Crippen LogP contribution in [0.5, 0.6) is 0 Å². The lowest BCUT2D eigenvalue weighted by Gasteiger charge is -2.16. The Morgan fingerprint density at radius 2 is 2.00 bits per heavy atom. The third kappa shape index (κ3) is 2.80. The minimum Gasteiger partial charge on any atom is -0.478 e. The van der Waals surface area contributed by atoms with Gasteiger partial charge in [0.2, 0.25) is 5.91 Å². The van der Waals surface area contributed by atoms with E-state index in [2.05, 4.69) is 5.32 Å². The van der Waals surface area contributed by atoms with Crippen molar-refractivity contribution in [2.45, 2.75) is 32.2 Å². The number of carboxylic acids is 1. The highest BCUT2D eigenvalue weighted by Gasteiger charge is 2.23. The molecule has 1 aliphatic rings. The standard InChI is InChI=1S/C13H15NO4/c15-12(14-8-9-4-3-7-18-9)10-5-1-2-6-11(10)13(16)17/h3-4,7H,1-2,5-6,8H2,(H,14,15)(H,16,17). The maximum Gasteiger partial charge on any atom is 0.332 e. The van der Waals surface area contributed by atoms with Crippen molar-refractivity contribution in [2.24, 2.45) is 0 Å². The van der Waals surface area contributed by atoms with Crippen LogP contribution in [0.3, 0.4) is 0 Å². The molecule has 1 aliphatic carbocycles. The Bertz CT molecular complexity index is 473. The molecule has 0 unspecified atom stereocenters. The first-order chi connectivity index (χ1) is 8.68. The molecule has 0 aromatic carbocycles. The first-order valence-electron chi connectivity index (χ1n) is 5.94. The normalized spacial score (nSPS) is 15.6. The number of hydrogen-bond acceptors (Lipinski definition) is 3. The smallest absolute Gasteiger partial charge is 0.332 e. The van der Waals surface area contributed by atoms with E-state index in [1.807, 2.05) is 0 Å². The Morgan fingerprint density at radius 1 is 1.28 bits per heavy atom. The maximum atomic E-state index is 11.9. The van der Waals surface area contributed by atoms with E-state index in [1.54, 1.807) is 12.1 Å². The number of rotatable bonds is 4. The molecule has 96 valence electrons. The number of carbonyl (C=O) groups excluding carboxylic acids is 1. The quantitative estimate of drug-likeness (QED) is 0.853. The lowest BCUT2D eigenvalue weighted by Crippen LogP contribution is -2.27. The van der Waals surface area contributed by atoms with E-state index < -0.39 is 5.97 Å². The molecule has 0 fully saturated rings. The van der Waals surface area contributed by atoms with Crippen molar-refractivity contribution in [2.75, 3.05) is 0 Å². The molecular formula is C13H15NO4. The van der Waals surface area contributed by atoms with E-state index in [1.165, 1.54) is 6.26 Å². The number of amides is 1. The van der Waals surface area contributed by atoms with Crippen LogP contribution in [0, 0.1) is 0 Å². The number of carbonyl (C=O) groups is 2. The summed E-state index contributed by atoms with van der Waals surface area (Å²) in [5.41, 5.74) is 0.651. The second-order valence-corrected chi connectivity index (χ2v) is 4.23. The Labute approximate surface area is 104 Å². The van der Waals surface area contributed by atoms with Crippen LogP contribution in [0.4, 0.5) is 0 Å². The zero-order chi connectivity index (χ0) is 13.0. The summed E-state index contributed by atoms with van der Waals surface area (Å²) in [6, 6.07) is 3.50. The molecule has 1 amide bonds. The number of carboxylic acid groups (broad SMARTS) is 1. The summed E-state index contributed by atoms with van der Waals surface area (Å²) in [5, 5.41) is 11.7. The summed E-state index contributed by atoms with van der Waals surface area (Å²) in [7, 11) is 0. The largest absolute Gasteiger partial charge is 0.478 e. The molecule has 5 heteroatoms. The molecule has 1 aromatic rings. The van der Waals surface area contributed by atoms with Crippen LogP contribution in [0.15, 0.2) is 34.0 Å². The minimum absolute atomic E-state index is 0.248. The highest BCUT2D eigenvalue weighted by molar-refractivity contribution is 6.02. The molecule has 5 nitrogen and oxygen atoms in total. The molecule has 2 N–H and O–H groups in total. The second-order valence-electron chi connectivity index (χ2n) is 4.23. The number of furan rings is 1. The zero-order valence-electron chi connectivity index (χ0n) is 9.94. The molecule has 18 heavy (non-hydrogen) atoms. The number of nitrogens with one attached hydrogen (secondary N) is 1. The van der Waals surface area contributed by atoms with E-state index in [-0.39, 0.29) is 18.0 Å². The lowest BCUT2D eigenvalue weighted by atomic mass is 9.91. The van der Waals surface area contributed by atoms with Crippen molar-refractivity contribution < 1.29 is 19.1 Å². The Balaban J connectivity index is 2.04. The van der Waals surface area contributed by atoms with Crippen LogP contribution in [-0.2, 0) is 16.1 Å². The summed E-state index contributed by atoms with van der Waals surface area (Å²) in [4.78, 5) is 23.0. The summed E-state index contributed by atoms with van der Waals surface area (Å²) in [6.07, 6.45) is 4.23. The van der Waals surface area contributed by atoms with Crippen molar-refractivity contribution in [1.29, 1.82) is 0 Å². The fraction of sp³-hybridized carbons (Fsp3) is 0.385. The van der Waals surface area contributed by atoms with Gasteiger partial charge in [-0.05, 0) is 37.8 Å². The van der Waals surface area contributed by atoms with Gasteiger partial charge in [-0.1, -0.05) is 0 Å². The molecule has 0 radical (unpaired) electrons. The Hall–Kier alpha value is -2.04. The molecule has 0 bridgehead atoms. The number of hydrogen-bond donors (Lipinski definition) is 2. The van der Waals surface area contributed by atoms with E-state index in [9.17, 15) is 9.59 Å². The molecule has 0 spiro atoms. The zero-order valence-corrected chi connectivity index (χ0v) is 9.94. The molecule has 0 aliphatic heterocycles. The average molecular weight is 249 g/mol. The molecule has 1 aromatic heterocycles. The fourth-order valence-electron chi connectivity index (χ4n) is 2.08. The van der Waals surface area contributed by atoms with Gasteiger partial charge in [-0.25, -0.2) is 4.79 Å². The van der Waals surface area contributed by atoms with Crippen LogP contribution >= 0.6 is 0 Å². The highest BCUT2D eigenvalue weighted by atomic mass is 16.4. The molecule has 1 heterocycles. The SMILES string of the molecule is O=C(O)C1=C(C(=O)NCc2ccco2)CCCC1. The summed E-state index contributed by atoms with van der Waals surface area (Å²) >= 11 is 0. The topological polar surface area (TPSA) is 79.5 Å². The maximum absolute atomic E-state index is 11.9. The van der Waals surface area contributed by atoms with Gasteiger partial charge in [0.05, 0.1) is 12.8 Å². The van der Waals surface area contributed by atoms with Gasteiger partial charge in [0.1, 0.15) is 5.76 Å². The molecule has 0 atom stereocenters. The van der Waals surface area contributed by atoms with Crippen LogP contribution in [0.1, 0.15) is 31.4 Å². The number of aliphatic carboxylic acids is 1. The van der Waals surface area contributed by atoms with Gasteiger partial charge in [0, 0.05) is 11.1 Å². The molecule has 0 saturated heterocycles. The van der Waals surface area contributed by atoms with E-state index in [4.69, 9.17) is 9.52 Å². The monoisotopic (exact) mass is 249 g/mol. The predicted molar refractivity (Wildman–Crippen MR) is 63.7 cm³/mol. The van der Waals surface area contributed by atoms with Gasteiger partial charge in [-0.3, -0.25) is 4.79 Å². The lowest BCUT2D eigenvalue weighted by molar-refractivity contribution is -0.133. The summed E-state index contributed by atoms with van der Waals surface area (Å²) in [6.45, 7) is 0.280. The van der Waals surface area contributed by atoms with Gasteiger partial charge in [0.25, 0.3) is 0 Å². The van der Waals surface area contributed by atoms with Crippen molar-refractivity contribution in [3.8, 4) is 0 Å². The second kappa shape index (κ2) is 5.53. The van der Waals surface area contributed by atoms with Gasteiger partial charge in [-0.2, -0.15) is 0 Å². The van der Waals surface area contributed by atoms with Crippen LogP contribution in [-0.4, -0.2) is 17.0 Å². The van der Waals surface area contributed by atoms with Gasteiger partial charge < -0.3 is 14.8 Å². The molecular weight excluding hydrogens is 234 g/mol. The first-order valence-corrected chi connectivity index (χ1v) is 5.94. The van der Waals surface area contributed by atoms with E-state index >= 15 is 0 Å². The first kappa shape index (κ1) is 12.4. The van der Waals surface area contributed by atoms with Gasteiger partial charge >= 0.3 is 5.97 Å². The third-order valence-corrected chi connectivity index (χ3v) is 3.00. The minimum atomic E-state index is -0.988. The van der Waals surface area contributed by atoms with E-state index in [0.717, 1.165) is 12.8 Å². The van der Waals surface area contributed by atoms with Crippen molar-refractivity contribution in [1.82, 2.24) is 5.32 Å². The van der Waals surface area contributed by atoms with Crippen molar-refractivity contribution >= 4 is 11.9 Å². The highest BCUT2D eigenvalue weighted by Crippen LogP contribution is 2.25. The van der Waals surface area contributed by atoms with E-state index in [0.29, 0.717) is 24.2 Å². The van der Waals surface area contributed by atoms with Gasteiger partial charge in [0.15, 0.2) is 0 Å². The summed E-state index contributed by atoms with van der Waals surface area (Å²) in [5.74, 6) is -0.641. The predicted octanol–water partition coefficient (Wildman–Crippen LogP) is 1.85. The third-order valence-electron chi connectivity index (χ3n) is 3.00. The van der Waals surface area contributed by atoms with Crippen molar-refractivity contribution in [3.63, 3.8) is 0 Å². The van der Waals surface area contributed by atoms with Crippen LogP contribution in [0.2, 0.25) is 0 Å². The summed E-state index contributed by atoms with van der Waals surface area (Å²) < 4.78 is 5.10. The molecule has 2 rings (SSSR count).